The van der Waals surface area contributed by atoms with Gasteiger partial charge in [-0.3, -0.25) is 0 Å². The Kier molecular flexibility index (Phi) is 4.03. The summed E-state index contributed by atoms with van der Waals surface area (Å²) in [5.41, 5.74) is 6.33. The quantitative estimate of drug-likeness (QED) is 0.612. The summed E-state index contributed by atoms with van der Waals surface area (Å²) in [6.45, 7) is 2.49. The Morgan fingerprint density at radius 3 is 3.18 bits per heavy atom. The summed E-state index contributed by atoms with van der Waals surface area (Å²) in [4.78, 5) is 0. The van der Waals surface area contributed by atoms with Crippen molar-refractivity contribution in [1.82, 2.24) is 14.1 Å². The molecule has 4 nitrogen and oxygen atoms in total. The van der Waals surface area contributed by atoms with E-state index in [9.17, 15) is 0 Å². The zero-order chi connectivity index (χ0) is 7.94. The highest BCUT2D eigenvalue weighted by Gasteiger charge is 1.93. The first-order chi connectivity index (χ1) is 5.43. The summed E-state index contributed by atoms with van der Waals surface area (Å²) >= 11 is 1.24. The van der Waals surface area contributed by atoms with Crippen LogP contribution in [0.2, 0.25) is 0 Å². The molecule has 0 aliphatic rings. The fourth-order valence-electron chi connectivity index (χ4n) is 0.705. The van der Waals surface area contributed by atoms with E-state index in [1.807, 2.05) is 0 Å². The van der Waals surface area contributed by atoms with Crippen LogP contribution >= 0.6 is 11.7 Å². The third kappa shape index (κ3) is 3.41. The monoisotopic (exact) mass is 172 g/mol. The van der Waals surface area contributed by atoms with Gasteiger partial charge >= 0.3 is 0 Å². The van der Waals surface area contributed by atoms with E-state index >= 15 is 0 Å². The number of nitrogens with two attached hydrogens (primary N) is 1. The first kappa shape index (κ1) is 8.58. The van der Waals surface area contributed by atoms with Crippen LogP contribution in [0.15, 0.2) is 6.20 Å². The Labute approximate surface area is 70.1 Å². The number of hydrogen-bond donors (Lipinski definition) is 2. The number of nitrogens with one attached hydrogen (secondary N) is 1. The lowest BCUT2D eigenvalue weighted by Crippen LogP contribution is -2.17. The van der Waals surface area contributed by atoms with Crippen molar-refractivity contribution >= 4 is 11.7 Å². The Hall–Kier alpha value is -0.520. The van der Waals surface area contributed by atoms with Crippen molar-refractivity contribution in [3.8, 4) is 0 Å². The summed E-state index contributed by atoms with van der Waals surface area (Å²) in [5, 5.41) is 3.21. The molecule has 0 saturated heterocycles. The number of rotatable bonds is 5. The molecule has 0 spiro atoms. The number of hydrogen-bond acceptors (Lipinski definition) is 5. The van der Waals surface area contributed by atoms with Crippen LogP contribution in [0.5, 0.6) is 0 Å². The van der Waals surface area contributed by atoms with E-state index in [1.165, 1.54) is 11.7 Å². The first-order valence-corrected chi connectivity index (χ1v) is 4.33. The zero-order valence-electron chi connectivity index (χ0n) is 6.29. The zero-order valence-corrected chi connectivity index (χ0v) is 7.10. The third-order valence-corrected chi connectivity index (χ3v) is 1.79. The van der Waals surface area contributed by atoms with Gasteiger partial charge in [-0.2, -0.15) is 8.75 Å². The van der Waals surface area contributed by atoms with Gasteiger partial charge in [-0.1, -0.05) is 0 Å². The first-order valence-electron chi connectivity index (χ1n) is 3.60. The molecule has 1 rings (SSSR count). The van der Waals surface area contributed by atoms with Crippen molar-refractivity contribution in [3.63, 3.8) is 0 Å². The second kappa shape index (κ2) is 5.17. The van der Waals surface area contributed by atoms with E-state index in [-0.39, 0.29) is 0 Å². The van der Waals surface area contributed by atoms with Gasteiger partial charge in [0.05, 0.1) is 23.6 Å². The van der Waals surface area contributed by atoms with Gasteiger partial charge in [-0.15, -0.1) is 0 Å². The maximum absolute atomic E-state index is 5.32. The molecule has 1 aromatic rings. The third-order valence-electron chi connectivity index (χ3n) is 1.27. The topological polar surface area (TPSA) is 63.8 Å². The van der Waals surface area contributed by atoms with Gasteiger partial charge in [-0.25, -0.2) is 0 Å². The minimum absolute atomic E-state index is 0.738. The van der Waals surface area contributed by atoms with Crippen LogP contribution in [0.4, 0.5) is 0 Å². The van der Waals surface area contributed by atoms with Crippen LogP contribution in [-0.4, -0.2) is 21.8 Å². The second-order valence-corrected chi connectivity index (χ2v) is 2.77. The minimum atomic E-state index is 0.738. The highest BCUT2D eigenvalue weighted by Crippen LogP contribution is 1.92. The Morgan fingerprint density at radius 2 is 2.55 bits per heavy atom. The molecule has 0 unspecified atom stereocenters. The lowest BCUT2D eigenvalue weighted by molar-refractivity contribution is 0.649. The second-order valence-electron chi connectivity index (χ2n) is 2.22. The van der Waals surface area contributed by atoms with Crippen molar-refractivity contribution in [2.75, 3.05) is 13.1 Å². The van der Waals surface area contributed by atoms with E-state index in [2.05, 4.69) is 14.1 Å². The van der Waals surface area contributed by atoms with Gasteiger partial charge in [-0.05, 0) is 19.5 Å². The fourth-order valence-corrected chi connectivity index (χ4v) is 1.14. The molecule has 0 aromatic carbocycles. The molecule has 11 heavy (non-hydrogen) atoms. The highest BCUT2D eigenvalue weighted by atomic mass is 32.1. The molecule has 0 radical (unpaired) electrons. The summed E-state index contributed by atoms with van der Waals surface area (Å²) in [7, 11) is 0. The molecule has 5 heteroatoms. The van der Waals surface area contributed by atoms with Crippen LogP contribution in [0.25, 0.3) is 0 Å². The van der Waals surface area contributed by atoms with Crippen LogP contribution in [-0.2, 0) is 6.54 Å². The largest absolute Gasteiger partial charge is 0.330 e. The van der Waals surface area contributed by atoms with Crippen LogP contribution in [0.3, 0.4) is 0 Å². The molecule has 1 aromatic heterocycles. The van der Waals surface area contributed by atoms with Gasteiger partial charge in [0.1, 0.15) is 0 Å². The lowest BCUT2D eigenvalue weighted by atomic mass is 10.4. The Bertz CT molecular complexity index is 175. The molecule has 0 atom stereocenters. The van der Waals surface area contributed by atoms with E-state index in [0.717, 1.165) is 31.7 Å². The lowest BCUT2D eigenvalue weighted by Gasteiger charge is -1.98. The molecule has 0 aliphatic carbocycles. The van der Waals surface area contributed by atoms with E-state index in [1.54, 1.807) is 6.20 Å². The van der Waals surface area contributed by atoms with E-state index in [0.29, 0.717) is 0 Å². The molecule has 0 fully saturated rings. The molecule has 1 heterocycles. The molecule has 0 amide bonds. The van der Waals surface area contributed by atoms with Crippen molar-refractivity contribution in [1.29, 1.82) is 0 Å². The molecule has 0 aliphatic heterocycles. The number of nitrogens with zero attached hydrogens (tertiary/aromatic N) is 2. The average molecular weight is 172 g/mol. The SMILES string of the molecule is NCCCNCc1cnsn1. The summed E-state index contributed by atoms with van der Waals surface area (Å²) in [6, 6.07) is 0. The Morgan fingerprint density at radius 1 is 1.64 bits per heavy atom. The van der Waals surface area contributed by atoms with E-state index < -0.39 is 0 Å². The molecular weight excluding hydrogens is 160 g/mol. The van der Waals surface area contributed by atoms with Gasteiger partial charge in [0.15, 0.2) is 0 Å². The number of aromatic nitrogens is 2. The average Bonchev–Trinajstić information content (AvgIpc) is 2.50. The van der Waals surface area contributed by atoms with Crippen LogP contribution < -0.4 is 11.1 Å². The molecule has 0 saturated carbocycles. The predicted octanol–water partition coefficient (Wildman–Crippen LogP) is -0.0235. The minimum Gasteiger partial charge on any atom is -0.330 e. The summed E-state index contributed by atoms with van der Waals surface area (Å²) < 4.78 is 7.94. The maximum atomic E-state index is 5.32. The van der Waals surface area contributed by atoms with Crippen molar-refractivity contribution in [2.24, 2.45) is 5.73 Å². The van der Waals surface area contributed by atoms with Crippen LogP contribution in [0, 0.1) is 0 Å². The smallest absolute Gasteiger partial charge is 0.0880 e. The molecule has 62 valence electrons. The maximum Gasteiger partial charge on any atom is 0.0880 e. The van der Waals surface area contributed by atoms with Crippen molar-refractivity contribution < 1.29 is 0 Å². The standard InChI is InChI=1S/C6H12N4S/c7-2-1-3-8-4-6-5-9-11-10-6/h5,8H,1-4,7H2. The molecule has 0 bridgehead atoms. The summed E-state index contributed by atoms with van der Waals surface area (Å²) in [6.07, 6.45) is 2.79. The van der Waals surface area contributed by atoms with Crippen molar-refractivity contribution in [2.45, 2.75) is 13.0 Å². The van der Waals surface area contributed by atoms with Gasteiger partial charge in [0.2, 0.25) is 0 Å². The predicted molar refractivity (Wildman–Crippen MR) is 45.3 cm³/mol. The van der Waals surface area contributed by atoms with Gasteiger partial charge in [0.25, 0.3) is 0 Å². The van der Waals surface area contributed by atoms with Crippen LogP contribution in [0.1, 0.15) is 12.1 Å². The van der Waals surface area contributed by atoms with Crippen molar-refractivity contribution in [3.05, 3.63) is 11.9 Å². The molecular formula is C6H12N4S. The van der Waals surface area contributed by atoms with Gasteiger partial charge in [0, 0.05) is 6.54 Å². The normalized spacial score (nSPS) is 10.3. The summed E-state index contributed by atoms with van der Waals surface area (Å²) in [5.74, 6) is 0. The Balaban J connectivity index is 2.04. The van der Waals surface area contributed by atoms with E-state index in [4.69, 9.17) is 5.73 Å². The molecule has 3 N–H and O–H groups in total. The fraction of sp³-hybridized carbons (Fsp3) is 0.667. The van der Waals surface area contributed by atoms with Gasteiger partial charge < -0.3 is 11.1 Å². The highest BCUT2D eigenvalue weighted by molar-refractivity contribution is 6.99.